The zero-order valence-electron chi connectivity index (χ0n) is 9.87. The van der Waals surface area contributed by atoms with Crippen molar-refractivity contribution in [1.82, 2.24) is 10.3 Å². The van der Waals surface area contributed by atoms with Gasteiger partial charge in [0.25, 0.3) is 0 Å². The van der Waals surface area contributed by atoms with Crippen LogP contribution in [0.2, 0.25) is 0 Å². The average molecular weight is 287 g/mol. The third-order valence-corrected chi connectivity index (χ3v) is 2.53. The van der Waals surface area contributed by atoms with Crippen LogP contribution in [0.25, 0.3) is 0 Å². The normalized spacial score (nSPS) is 11.0. The van der Waals surface area contributed by atoms with E-state index in [9.17, 15) is 0 Å². The molecule has 0 atom stereocenters. The maximum absolute atomic E-state index is 5.52. The standard InChI is InChI=1S/C12H19BrN2O/c1-10(2)14-6-3-7-16-9-12-5-4-11(13)8-15-12/h4-5,8,10,14H,3,6-7,9H2,1-2H3. The molecule has 3 nitrogen and oxygen atoms in total. The molecule has 0 aromatic carbocycles. The smallest absolute Gasteiger partial charge is 0.0887 e. The molecule has 4 heteroatoms. The number of nitrogens with one attached hydrogen (secondary N) is 1. The summed E-state index contributed by atoms with van der Waals surface area (Å²) >= 11 is 3.35. The van der Waals surface area contributed by atoms with E-state index in [0.29, 0.717) is 12.6 Å². The van der Waals surface area contributed by atoms with Crippen molar-refractivity contribution in [3.63, 3.8) is 0 Å². The van der Waals surface area contributed by atoms with E-state index in [1.54, 1.807) is 6.20 Å². The van der Waals surface area contributed by atoms with Gasteiger partial charge in [-0.1, -0.05) is 13.8 Å². The van der Waals surface area contributed by atoms with Gasteiger partial charge in [-0.25, -0.2) is 0 Å². The second-order valence-electron chi connectivity index (χ2n) is 3.98. The predicted molar refractivity (Wildman–Crippen MR) is 69.3 cm³/mol. The summed E-state index contributed by atoms with van der Waals surface area (Å²) in [5.74, 6) is 0. The lowest BCUT2D eigenvalue weighted by atomic mass is 10.3. The molecule has 0 bridgehead atoms. The van der Waals surface area contributed by atoms with E-state index in [0.717, 1.165) is 29.7 Å². The summed E-state index contributed by atoms with van der Waals surface area (Å²) in [7, 11) is 0. The Bertz CT molecular complexity index is 288. The number of pyridine rings is 1. The van der Waals surface area contributed by atoms with Crippen molar-refractivity contribution in [1.29, 1.82) is 0 Å². The van der Waals surface area contributed by atoms with Gasteiger partial charge >= 0.3 is 0 Å². The number of hydrogen-bond donors (Lipinski definition) is 1. The highest BCUT2D eigenvalue weighted by Crippen LogP contribution is 2.07. The molecule has 16 heavy (non-hydrogen) atoms. The van der Waals surface area contributed by atoms with Gasteiger partial charge in [0.1, 0.15) is 0 Å². The molecular weight excluding hydrogens is 268 g/mol. The number of nitrogens with zero attached hydrogens (tertiary/aromatic N) is 1. The predicted octanol–water partition coefficient (Wildman–Crippen LogP) is 2.75. The van der Waals surface area contributed by atoms with Crippen LogP contribution in [0.1, 0.15) is 26.0 Å². The van der Waals surface area contributed by atoms with Crippen LogP contribution in [-0.4, -0.2) is 24.2 Å². The third-order valence-electron chi connectivity index (χ3n) is 2.06. The number of rotatable bonds is 7. The molecule has 0 amide bonds. The van der Waals surface area contributed by atoms with Crippen LogP contribution in [0, 0.1) is 0 Å². The van der Waals surface area contributed by atoms with E-state index in [4.69, 9.17) is 4.74 Å². The van der Waals surface area contributed by atoms with Gasteiger partial charge in [0.2, 0.25) is 0 Å². The lowest BCUT2D eigenvalue weighted by Gasteiger charge is -2.08. The summed E-state index contributed by atoms with van der Waals surface area (Å²) < 4.78 is 6.52. The zero-order chi connectivity index (χ0) is 11.8. The van der Waals surface area contributed by atoms with Crippen molar-refractivity contribution in [2.24, 2.45) is 0 Å². The van der Waals surface area contributed by atoms with Gasteiger partial charge in [0.15, 0.2) is 0 Å². The fraction of sp³-hybridized carbons (Fsp3) is 0.583. The van der Waals surface area contributed by atoms with Gasteiger partial charge in [0, 0.05) is 23.3 Å². The summed E-state index contributed by atoms with van der Waals surface area (Å²) in [5, 5.41) is 3.35. The summed E-state index contributed by atoms with van der Waals surface area (Å²) in [5.41, 5.74) is 0.972. The fourth-order valence-corrected chi connectivity index (χ4v) is 1.47. The molecule has 0 radical (unpaired) electrons. The Hall–Kier alpha value is -0.450. The Morgan fingerprint density at radius 3 is 2.88 bits per heavy atom. The number of ether oxygens (including phenoxy) is 1. The van der Waals surface area contributed by atoms with Crippen molar-refractivity contribution >= 4 is 15.9 Å². The van der Waals surface area contributed by atoms with E-state index < -0.39 is 0 Å². The number of halogens is 1. The lowest BCUT2D eigenvalue weighted by molar-refractivity contribution is 0.115. The Labute approximate surface area is 106 Å². The quantitative estimate of drug-likeness (QED) is 0.783. The van der Waals surface area contributed by atoms with Crippen molar-refractivity contribution in [3.8, 4) is 0 Å². The van der Waals surface area contributed by atoms with Crippen molar-refractivity contribution in [2.45, 2.75) is 32.9 Å². The van der Waals surface area contributed by atoms with Gasteiger partial charge in [-0.05, 0) is 41.0 Å². The maximum atomic E-state index is 5.52. The van der Waals surface area contributed by atoms with Crippen LogP contribution in [0.4, 0.5) is 0 Å². The van der Waals surface area contributed by atoms with Crippen LogP contribution < -0.4 is 5.32 Å². The van der Waals surface area contributed by atoms with Crippen molar-refractivity contribution < 1.29 is 4.74 Å². The van der Waals surface area contributed by atoms with Crippen LogP contribution >= 0.6 is 15.9 Å². The Morgan fingerprint density at radius 1 is 1.44 bits per heavy atom. The second kappa shape index (κ2) is 7.76. The van der Waals surface area contributed by atoms with Gasteiger partial charge in [0.05, 0.1) is 12.3 Å². The molecule has 0 unspecified atom stereocenters. The van der Waals surface area contributed by atoms with E-state index >= 15 is 0 Å². The summed E-state index contributed by atoms with van der Waals surface area (Å²) in [6.07, 6.45) is 2.83. The van der Waals surface area contributed by atoms with Gasteiger partial charge in [-0.3, -0.25) is 4.98 Å². The second-order valence-corrected chi connectivity index (χ2v) is 4.90. The van der Waals surface area contributed by atoms with Crippen LogP contribution in [0.3, 0.4) is 0 Å². The van der Waals surface area contributed by atoms with Crippen molar-refractivity contribution in [2.75, 3.05) is 13.2 Å². The topological polar surface area (TPSA) is 34.1 Å². The highest BCUT2D eigenvalue weighted by molar-refractivity contribution is 9.10. The van der Waals surface area contributed by atoms with Gasteiger partial charge in [-0.15, -0.1) is 0 Å². The first-order valence-corrected chi connectivity index (χ1v) is 6.39. The first-order chi connectivity index (χ1) is 7.68. The molecule has 0 saturated heterocycles. The van der Waals surface area contributed by atoms with Crippen LogP contribution in [0.5, 0.6) is 0 Å². The molecule has 1 rings (SSSR count). The molecule has 0 aliphatic carbocycles. The van der Waals surface area contributed by atoms with E-state index in [1.165, 1.54) is 0 Å². The Morgan fingerprint density at radius 2 is 2.25 bits per heavy atom. The Balaban J connectivity index is 2.05. The highest BCUT2D eigenvalue weighted by Gasteiger charge is 1.96. The highest BCUT2D eigenvalue weighted by atomic mass is 79.9. The molecular formula is C12H19BrN2O. The number of hydrogen-bond acceptors (Lipinski definition) is 3. The van der Waals surface area contributed by atoms with Gasteiger partial charge < -0.3 is 10.1 Å². The first kappa shape index (κ1) is 13.6. The lowest BCUT2D eigenvalue weighted by Crippen LogP contribution is -2.24. The molecule has 0 saturated carbocycles. The maximum Gasteiger partial charge on any atom is 0.0887 e. The first-order valence-electron chi connectivity index (χ1n) is 5.60. The molecule has 1 N–H and O–H groups in total. The molecule has 0 fully saturated rings. The minimum atomic E-state index is 0.549. The molecule has 0 aliphatic heterocycles. The molecule has 1 aromatic rings. The fourth-order valence-electron chi connectivity index (χ4n) is 1.23. The monoisotopic (exact) mass is 286 g/mol. The van der Waals surface area contributed by atoms with E-state index in [2.05, 4.69) is 40.1 Å². The third kappa shape index (κ3) is 6.20. The zero-order valence-corrected chi connectivity index (χ0v) is 11.5. The Kier molecular flexibility index (Phi) is 6.61. The average Bonchev–Trinajstić information content (AvgIpc) is 2.25. The summed E-state index contributed by atoms with van der Waals surface area (Å²) in [6, 6.07) is 4.50. The van der Waals surface area contributed by atoms with E-state index in [-0.39, 0.29) is 0 Å². The minimum Gasteiger partial charge on any atom is -0.375 e. The largest absolute Gasteiger partial charge is 0.375 e. The van der Waals surface area contributed by atoms with Gasteiger partial charge in [-0.2, -0.15) is 0 Å². The van der Waals surface area contributed by atoms with E-state index in [1.807, 2.05) is 12.1 Å². The molecule has 0 spiro atoms. The minimum absolute atomic E-state index is 0.549. The molecule has 0 aliphatic rings. The summed E-state index contributed by atoms with van der Waals surface area (Å²) in [6.45, 7) is 6.66. The summed E-state index contributed by atoms with van der Waals surface area (Å²) in [4.78, 5) is 4.24. The SMILES string of the molecule is CC(C)NCCCOCc1ccc(Br)cn1. The molecule has 1 heterocycles. The molecule has 1 aromatic heterocycles. The van der Waals surface area contributed by atoms with Crippen molar-refractivity contribution in [3.05, 3.63) is 28.5 Å². The molecule has 90 valence electrons. The number of aromatic nitrogens is 1. The van der Waals surface area contributed by atoms with Crippen LogP contribution in [-0.2, 0) is 11.3 Å². The van der Waals surface area contributed by atoms with Crippen LogP contribution in [0.15, 0.2) is 22.8 Å².